The lowest BCUT2D eigenvalue weighted by atomic mass is 10.0. The molecular formula is C21H25F2N3O4S. The second-order valence-corrected chi connectivity index (χ2v) is 9.06. The molecule has 3 N–H and O–H groups in total. The van der Waals surface area contributed by atoms with Crippen LogP contribution in [0.5, 0.6) is 0 Å². The van der Waals surface area contributed by atoms with Crippen molar-refractivity contribution in [2.45, 2.75) is 31.7 Å². The number of sulfonamides is 1. The molecule has 2 amide bonds. The van der Waals surface area contributed by atoms with Crippen LogP contribution in [0.3, 0.4) is 0 Å². The Morgan fingerprint density at radius 2 is 1.55 bits per heavy atom. The van der Waals surface area contributed by atoms with Crippen LogP contribution in [0.4, 0.5) is 8.78 Å². The largest absolute Gasteiger partial charge is 0.353 e. The quantitative estimate of drug-likeness (QED) is 0.506. The highest BCUT2D eigenvalue weighted by Crippen LogP contribution is 2.13. The van der Waals surface area contributed by atoms with Gasteiger partial charge in [-0.15, -0.1) is 0 Å². The number of aryl methyl sites for hydroxylation is 1. The van der Waals surface area contributed by atoms with E-state index < -0.39 is 45.1 Å². The maximum Gasteiger partial charge on any atom is 0.257 e. The van der Waals surface area contributed by atoms with Crippen LogP contribution >= 0.6 is 0 Å². The molecule has 7 nitrogen and oxygen atoms in total. The highest BCUT2D eigenvalue weighted by Gasteiger charge is 2.27. The van der Waals surface area contributed by atoms with Crippen molar-refractivity contribution in [3.63, 3.8) is 0 Å². The number of carbonyl (C=O) groups is 2. The molecule has 10 heteroatoms. The molecular weight excluding hydrogens is 428 g/mol. The van der Waals surface area contributed by atoms with Crippen molar-refractivity contribution < 1.29 is 26.8 Å². The molecule has 0 fully saturated rings. The molecule has 0 aliphatic carbocycles. The van der Waals surface area contributed by atoms with E-state index in [4.69, 9.17) is 0 Å². The zero-order valence-corrected chi connectivity index (χ0v) is 18.2. The molecule has 0 radical (unpaired) electrons. The van der Waals surface area contributed by atoms with Gasteiger partial charge >= 0.3 is 0 Å². The highest BCUT2D eigenvalue weighted by molar-refractivity contribution is 7.89. The Bertz CT molecular complexity index is 1020. The van der Waals surface area contributed by atoms with E-state index in [0.29, 0.717) is 0 Å². The monoisotopic (exact) mass is 453 g/mol. The zero-order valence-electron chi connectivity index (χ0n) is 17.4. The zero-order chi connectivity index (χ0) is 23.2. The molecule has 0 spiro atoms. The SMILES string of the molecule is Cc1ccc(S(=O)(=O)NCCNC(=O)[C@@H](NC(=O)c2c(F)cccc2F)C(C)C)cc1. The summed E-state index contributed by atoms with van der Waals surface area (Å²) in [7, 11) is -3.73. The summed E-state index contributed by atoms with van der Waals surface area (Å²) >= 11 is 0. The Labute approximate surface area is 180 Å². The maximum absolute atomic E-state index is 13.8. The van der Waals surface area contributed by atoms with Gasteiger partial charge in [-0.2, -0.15) is 0 Å². The Morgan fingerprint density at radius 1 is 0.968 bits per heavy atom. The van der Waals surface area contributed by atoms with Gasteiger partial charge in [0.1, 0.15) is 23.2 Å². The van der Waals surface area contributed by atoms with Crippen molar-refractivity contribution in [1.82, 2.24) is 15.4 Å². The molecule has 1 atom stereocenters. The predicted octanol–water partition coefficient (Wildman–Crippen LogP) is 2.12. The number of carbonyl (C=O) groups excluding carboxylic acids is 2. The van der Waals surface area contributed by atoms with Gasteiger partial charge in [0.2, 0.25) is 15.9 Å². The summed E-state index contributed by atoms with van der Waals surface area (Å²) in [6.45, 7) is 5.02. The molecule has 0 heterocycles. The average molecular weight is 454 g/mol. The van der Waals surface area contributed by atoms with E-state index in [0.717, 1.165) is 23.8 Å². The third-order valence-corrected chi connectivity index (χ3v) is 5.95. The first-order valence-electron chi connectivity index (χ1n) is 9.62. The first kappa shape index (κ1) is 24.4. The predicted molar refractivity (Wildman–Crippen MR) is 112 cm³/mol. The van der Waals surface area contributed by atoms with E-state index >= 15 is 0 Å². The molecule has 168 valence electrons. The summed E-state index contributed by atoms with van der Waals surface area (Å²) in [6, 6.07) is 8.25. The third-order valence-electron chi connectivity index (χ3n) is 4.47. The number of hydrogen-bond donors (Lipinski definition) is 3. The van der Waals surface area contributed by atoms with Gasteiger partial charge < -0.3 is 10.6 Å². The van der Waals surface area contributed by atoms with Crippen LogP contribution in [-0.4, -0.2) is 39.4 Å². The van der Waals surface area contributed by atoms with Gasteiger partial charge in [0.05, 0.1) is 4.90 Å². The number of benzene rings is 2. The van der Waals surface area contributed by atoms with Crippen LogP contribution in [0.15, 0.2) is 47.4 Å². The van der Waals surface area contributed by atoms with Crippen molar-refractivity contribution >= 4 is 21.8 Å². The van der Waals surface area contributed by atoms with E-state index in [2.05, 4.69) is 15.4 Å². The van der Waals surface area contributed by atoms with Gasteiger partial charge in [-0.25, -0.2) is 21.9 Å². The molecule has 0 aliphatic heterocycles. The van der Waals surface area contributed by atoms with Crippen LogP contribution < -0.4 is 15.4 Å². The lowest BCUT2D eigenvalue weighted by molar-refractivity contribution is -0.123. The minimum atomic E-state index is -3.73. The maximum atomic E-state index is 13.8. The Kier molecular flexibility index (Phi) is 8.23. The molecule has 0 unspecified atom stereocenters. The van der Waals surface area contributed by atoms with Gasteiger partial charge in [-0.1, -0.05) is 37.6 Å². The highest BCUT2D eigenvalue weighted by atomic mass is 32.2. The first-order valence-corrected chi connectivity index (χ1v) is 11.1. The second-order valence-electron chi connectivity index (χ2n) is 7.29. The molecule has 0 aliphatic rings. The minimum Gasteiger partial charge on any atom is -0.353 e. The van der Waals surface area contributed by atoms with Gasteiger partial charge in [-0.05, 0) is 37.1 Å². The molecule has 2 aromatic carbocycles. The molecule has 0 bridgehead atoms. The number of hydrogen-bond acceptors (Lipinski definition) is 4. The second kappa shape index (κ2) is 10.5. The summed E-state index contributed by atoms with van der Waals surface area (Å²) in [5.41, 5.74) is 0.148. The van der Waals surface area contributed by atoms with Crippen molar-refractivity contribution in [3.8, 4) is 0 Å². The van der Waals surface area contributed by atoms with E-state index in [9.17, 15) is 26.8 Å². The van der Waals surface area contributed by atoms with Crippen molar-refractivity contribution in [2.24, 2.45) is 5.92 Å². The van der Waals surface area contributed by atoms with E-state index in [1.165, 1.54) is 12.1 Å². The smallest absolute Gasteiger partial charge is 0.257 e. The van der Waals surface area contributed by atoms with Crippen LogP contribution in [-0.2, 0) is 14.8 Å². The first-order chi connectivity index (χ1) is 14.5. The summed E-state index contributed by atoms with van der Waals surface area (Å²) in [5.74, 6) is -4.11. The summed E-state index contributed by atoms with van der Waals surface area (Å²) in [4.78, 5) is 24.8. The van der Waals surface area contributed by atoms with E-state index in [1.807, 2.05) is 6.92 Å². The fraction of sp³-hybridized carbons (Fsp3) is 0.333. The van der Waals surface area contributed by atoms with Crippen molar-refractivity contribution in [1.29, 1.82) is 0 Å². The van der Waals surface area contributed by atoms with Gasteiger partial charge in [-0.3, -0.25) is 9.59 Å². The lowest BCUT2D eigenvalue weighted by Crippen LogP contribution is -2.51. The van der Waals surface area contributed by atoms with E-state index in [-0.39, 0.29) is 23.9 Å². The van der Waals surface area contributed by atoms with Crippen LogP contribution in [0, 0.1) is 24.5 Å². The van der Waals surface area contributed by atoms with Crippen molar-refractivity contribution in [3.05, 3.63) is 65.2 Å². The molecule has 2 rings (SSSR count). The Hall–Kier alpha value is -2.85. The fourth-order valence-corrected chi connectivity index (χ4v) is 3.78. The lowest BCUT2D eigenvalue weighted by Gasteiger charge is -2.22. The standard InChI is InChI=1S/C21H25F2N3O4S/c1-13(2)19(26-20(27)18-16(22)5-4-6-17(18)23)21(28)24-11-12-25-31(29,30)15-9-7-14(3)8-10-15/h4-10,13,19,25H,11-12H2,1-3H3,(H,24,28)(H,26,27)/t19-/m0/s1. The summed E-state index contributed by atoms with van der Waals surface area (Å²) in [6.07, 6.45) is 0. The molecule has 0 saturated heterocycles. The van der Waals surface area contributed by atoms with E-state index in [1.54, 1.807) is 26.0 Å². The number of rotatable bonds is 9. The van der Waals surface area contributed by atoms with Gasteiger partial charge in [0.15, 0.2) is 0 Å². The number of nitrogens with one attached hydrogen (secondary N) is 3. The molecule has 0 saturated carbocycles. The molecule has 31 heavy (non-hydrogen) atoms. The minimum absolute atomic E-state index is 0.0446. The van der Waals surface area contributed by atoms with Gasteiger partial charge in [0, 0.05) is 13.1 Å². The Morgan fingerprint density at radius 3 is 2.10 bits per heavy atom. The summed E-state index contributed by atoms with van der Waals surface area (Å²) in [5, 5.41) is 4.85. The van der Waals surface area contributed by atoms with Gasteiger partial charge in [0.25, 0.3) is 5.91 Å². The topological polar surface area (TPSA) is 104 Å². The number of halogens is 2. The van der Waals surface area contributed by atoms with Crippen LogP contribution in [0.1, 0.15) is 29.8 Å². The molecule has 0 aromatic heterocycles. The number of amides is 2. The molecule has 2 aromatic rings. The van der Waals surface area contributed by atoms with Crippen LogP contribution in [0.25, 0.3) is 0 Å². The Balaban J connectivity index is 1.94. The van der Waals surface area contributed by atoms with Crippen LogP contribution in [0.2, 0.25) is 0 Å². The van der Waals surface area contributed by atoms with Crippen molar-refractivity contribution in [2.75, 3.05) is 13.1 Å². The normalized spacial score (nSPS) is 12.5. The fourth-order valence-electron chi connectivity index (χ4n) is 2.74. The summed E-state index contributed by atoms with van der Waals surface area (Å²) < 4.78 is 54.5. The average Bonchev–Trinajstić information content (AvgIpc) is 2.69. The third kappa shape index (κ3) is 6.56.